The highest BCUT2D eigenvalue weighted by atomic mass is 16.4. The van der Waals surface area contributed by atoms with E-state index in [4.69, 9.17) is 0 Å². The molecular weight excluding hydrogens is 214 g/mol. The third-order valence-electron chi connectivity index (χ3n) is 3.34. The molecular formula is C14H21NO2. The van der Waals surface area contributed by atoms with E-state index in [-0.39, 0.29) is 0 Å². The maximum absolute atomic E-state index is 11.2. The molecule has 1 rings (SSSR count). The van der Waals surface area contributed by atoms with Gasteiger partial charge in [-0.05, 0) is 31.9 Å². The molecule has 0 saturated carbocycles. The van der Waals surface area contributed by atoms with Gasteiger partial charge in [-0.15, -0.1) is 0 Å². The molecule has 0 spiro atoms. The fraction of sp³-hybridized carbons (Fsp3) is 0.500. The molecule has 1 N–H and O–H groups in total. The van der Waals surface area contributed by atoms with Crippen molar-refractivity contribution < 1.29 is 9.90 Å². The molecule has 0 aliphatic carbocycles. The molecule has 0 bridgehead atoms. The molecule has 94 valence electrons. The predicted molar refractivity (Wildman–Crippen MR) is 70.8 cm³/mol. The average molecular weight is 235 g/mol. The van der Waals surface area contributed by atoms with Crippen LogP contribution in [0, 0.1) is 12.8 Å². The zero-order chi connectivity index (χ0) is 13.2. The fourth-order valence-electron chi connectivity index (χ4n) is 1.80. The predicted octanol–water partition coefficient (Wildman–Crippen LogP) is 3.17. The van der Waals surface area contributed by atoms with Crippen LogP contribution in [-0.4, -0.2) is 24.2 Å². The van der Waals surface area contributed by atoms with Gasteiger partial charge in [0, 0.05) is 13.1 Å². The monoisotopic (exact) mass is 235 g/mol. The quantitative estimate of drug-likeness (QED) is 0.871. The minimum atomic E-state index is -0.869. The Bertz CT molecular complexity index is 413. The van der Waals surface area contributed by atoms with Crippen molar-refractivity contribution in [2.75, 3.05) is 11.9 Å². The van der Waals surface area contributed by atoms with Crippen molar-refractivity contribution in [2.24, 2.45) is 5.92 Å². The highest BCUT2D eigenvalue weighted by Gasteiger charge is 2.19. The number of rotatable bonds is 4. The van der Waals surface area contributed by atoms with Crippen LogP contribution in [0.15, 0.2) is 18.2 Å². The Morgan fingerprint density at radius 2 is 1.88 bits per heavy atom. The van der Waals surface area contributed by atoms with Crippen molar-refractivity contribution in [1.82, 2.24) is 0 Å². The van der Waals surface area contributed by atoms with Gasteiger partial charge < -0.3 is 10.0 Å². The highest BCUT2D eigenvalue weighted by Crippen LogP contribution is 2.24. The van der Waals surface area contributed by atoms with Gasteiger partial charge in [-0.3, -0.25) is 0 Å². The first kappa shape index (κ1) is 13.6. The lowest BCUT2D eigenvalue weighted by molar-refractivity contribution is 0.0697. The summed E-state index contributed by atoms with van der Waals surface area (Å²) >= 11 is 0. The Morgan fingerprint density at radius 3 is 2.35 bits per heavy atom. The van der Waals surface area contributed by atoms with Gasteiger partial charge in [0.25, 0.3) is 0 Å². The molecule has 1 unspecified atom stereocenters. The molecule has 17 heavy (non-hydrogen) atoms. The van der Waals surface area contributed by atoms with Crippen LogP contribution >= 0.6 is 0 Å². The van der Waals surface area contributed by atoms with E-state index in [9.17, 15) is 9.90 Å². The Hall–Kier alpha value is -1.51. The van der Waals surface area contributed by atoms with E-state index < -0.39 is 5.97 Å². The number of nitrogens with zero attached hydrogens (tertiary/aromatic N) is 1. The van der Waals surface area contributed by atoms with Gasteiger partial charge in [-0.25, -0.2) is 4.79 Å². The molecule has 3 heteroatoms. The Balaban J connectivity index is 3.17. The lowest BCUT2D eigenvalue weighted by Gasteiger charge is -2.31. The van der Waals surface area contributed by atoms with Crippen molar-refractivity contribution in [1.29, 1.82) is 0 Å². The minimum absolute atomic E-state index is 0.302. The Labute approximate surface area is 103 Å². The number of hydrogen-bond donors (Lipinski definition) is 1. The van der Waals surface area contributed by atoms with E-state index in [0.717, 1.165) is 11.3 Å². The van der Waals surface area contributed by atoms with E-state index >= 15 is 0 Å². The summed E-state index contributed by atoms with van der Waals surface area (Å²) in [6, 6.07) is 5.86. The van der Waals surface area contributed by atoms with Gasteiger partial charge in [0.1, 0.15) is 0 Å². The summed E-state index contributed by atoms with van der Waals surface area (Å²) in [5.74, 6) is -0.394. The largest absolute Gasteiger partial charge is 0.478 e. The first-order valence-corrected chi connectivity index (χ1v) is 5.91. The maximum Gasteiger partial charge on any atom is 0.337 e. The van der Waals surface area contributed by atoms with Crippen LogP contribution in [0.25, 0.3) is 0 Å². The number of anilines is 1. The lowest BCUT2D eigenvalue weighted by atomic mass is 10.0. The van der Waals surface area contributed by atoms with Crippen molar-refractivity contribution in [3.63, 3.8) is 0 Å². The molecule has 1 atom stereocenters. The standard InChI is InChI=1S/C14H21NO2/c1-9(2)11(4)15(5)13-7-6-10(3)8-12(13)14(16)17/h6-9,11H,1-5H3,(H,16,17). The van der Waals surface area contributed by atoms with E-state index in [1.165, 1.54) is 0 Å². The zero-order valence-electron chi connectivity index (χ0n) is 11.2. The van der Waals surface area contributed by atoms with Gasteiger partial charge >= 0.3 is 5.97 Å². The van der Waals surface area contributed by atoms with Crippen molar-refractivity contribution in [3.8, 4) is 0 Å². The van der Waals surface area contributed by atoms with Gasteiger partial charge in [-0.1, -0.05) is 25.5 Å². The fourth-order valence-corrected chi connectivity index (χ4v) is 1.80. The van der Waals surface area contributed by atoms with Crippen LogP contribution in [0.2, 0.25) is 0 Å². The molecule has 0 heterocycles. The summed E-state index contributed by atoms with van der Waals surface area (Å²) < 4.78 is 0. The van der Waals surface area contributed by atoms with Gasteiger partial charge in [0.2, 0.25) is 0 Å². The van der Waals surface area contributed by atoms with Crippen LogP contribution in [0.5, 0.6) is 0 Å². The van der Waals surface area contributed by atoms with Gasteiger partial charge in [0.05, 0.1) is 11.3 Å². The second-order valence-corrected chi connectivity index (χ2v) is 4.92. The number of hydrogen-bond acceptors (Lipinski definition) is 2. The van der Waals surface area contributed by atoms with Crippen LogP contribution in [0.4, 0.5) is 5.69 Å². The van der Waals surface area contributed by atoms with Crippen molar-refractivity contribution in [2.45, 2.75) is 33.7 Å². The molecule has 3 nitrogen and oxygen atoms in total. The van der Waals surface area contributed by atoms with Crippen molar-refractivity contribution in [3.05, 3.63) is 29.3 Å². The number of carboxylic acids is 1. The summed E-state index contributed by atoms with van der Waals surface area (Å²) in [5, 5.41) is 9.23. The number of benzene rings is 1. The summed E-state index contributed by atoms with van der Waals surface area (Å²) in [6.07, 6.45) is 0. The van der Waals surface area contributed by atoms with Crippen LogP contribution in [-0.2, 0) is 0 Å². The average Bonchev–Trinajstić information content (AvgIpc) is 2.26. The molecule has 0 amide bonds. The van der Waals surface area contributed by atoms with E-state index in [2.05, 4.69) is 20.8 Å². The Kier molecular flexibility index (Phi) is 4.16. The summed E-state index contributed by atoms with van der Waals surface area (Å²) in [4.78, 5) is 13.3. The van der Waals surface area contributed by atoms with Crippen LogP contribution in [0.1, 0.15) is 36.7 Å². The van der Waals surface area contributed by atoms with Gasteiger partial charge in [0.15, 0.2) is 0 Å². The summed E-state index contributed by atoms with van der Waals surface area (Å²) in [5.41, 5.74) is 2.13. The molecule has 1 aromatic rings. The third-order valence-corrected chi connectivity index (χ3v) is 3.34. The number of carbonyl (C=O) groups is 1. The topological polar surface area (TPSA) is 40.5 Å². The smallest absolute Gasteiger partial charge is 0.337 e. The Morgan fingerprint density at radius 1 is 1.29 bits per heavy atom. The van der Waals surface area contributed by atoms with E-state index in [1.807, 2.05) is 31.0 Å². The van der Waals surface area contributed by atoms with Crippen molar-refractivity contribution >= 4 is 11.7 Å². The third kappa shape index (κ3) is 2.99. The zero-order valence-corrected chi connectivity index (χ0v) is 11.2. The SMILES string of the molecule is Cc1ccc(N(C)C(C)C(C)C)c(C(=O)O)c1. The lowest BCUT2D eigenvalue weighted by Crippen LogP contribution is -2.34. The molecule has 0 aliphatic rings. The molecule has 1 aromatic carbocycles. The first-order valence-electron chi connectivity index (χ1n) is 5.91. The molecule has 0 aromatic heterocycles. The molecule has 0 fully saturated rings. The highest BCUT2D eigenvalue weighted by molar-refractivity contribution is 5.94. The molecule has 0 radical (unpaired) electrons. The normalized spacial score (nSPS) is 12.6. The minimum Gasteiger partial charge on any atom is -0.478 e. The van der Waals surface area contributed by atoms with E-state index in [1.54, 1.807) is 6.07 Å². The summed E-state index contributed by atoms with van der Waals surface area (Å²) in [6.45, 7) is 8.28. The second kappa shape index (κ2) is 5.21. The number of carboxylic acid groups (broad SMARTS) is 1. The van der Waals surface area contributed by atoms with Crippen LogP contribution < -0.4 is 4.90 Å². The maximum atomic E-state index is 11.2. The summed E-state index contributed by atoms with van der Waals surface area (Å²) in [7, 11) is 1.95. The number of aromatic carboxylic acids is 1. The van der Waals surface area contributed by atoms with E-state index in [0.29, 0.717) is 17.5 Å². The van der Waals surface area contributed by atoms with Crippen LogP contribution in [0.3, 0.4) is 0 Å². The number of aryl methyl sites for hydroxylation is 1. The first-order chi connectivity index (χ1) is 7.84. The second-order valence-electron chi connectivity index (χ2n) is 4.92. The van der Waals surface area contributed by atoms with Gasteiger partial charge in [-0.2, -0.15) is 0 Å². The molecule has 0 saturated heterocycles. The molecule has 0 aliphatic heterocycles.